The van der Waals surface area contributed by atoms with E-state index >= 15 is 0 Å². The maximum atomic E-state index is 12.8. The molecule has 1 aliphatic heterocycles. The first kappa shape index (κ1) is 17.8. The van der Waals surface area contributed by atoms with Crippen LogP contribution in [-0.4, -0.2) is 48.4 Å². The fraction of sp³-hybridized carbons (Fsp3) is 0.600. The number of benzene rings is 1. The molecule has 130 valence electrons. The molecule has 0 aromatic heterocycles. The molecule has 0 spiro atoms. The Morgan fingerprint density at radius 2 is 1.74 bits per heavy atom. The molecular weight excluding hydrogens is 320 g/mol. The fourth-order valence-corrected chi connectivity index (χ4v) is 4.34. The third-order valence-electron chi connectivity index (χ3n) is 3.88. The SMILES string of the molecule is COc1cc(OC)c(S(=O)(=O)N[C@@H]2CCN[C@@H](C)C2)c(OC)c1. The van der Waals surface area contributed by atoms with E-state index in [9.17, 15) is 8.42 Å². The van der Waals surface area contributed by atoms with Crippen LogP contribution in [-0.2, 0) is 10.0 Å². The molecule has 1 aromatic carbocycles. The Bertz CT molecular complexity index is 622. The van der Waals surface area contributed by atoms with Crippen LogP contribution in [0.3, 0.4) is 0 Å². The van der Waals surface area contributed by atoms with Crippen LogP contribution in [0.15, 0.2) is 17.0 Å². The standard InChI is InChI=1S/C15H24N2O5S/c1-10-7-11(5-6-16-10)17-23(18,19)15-13(21-3)8-12(20-2)9-14(15)22-4/h8-11,16-17H,5-7H2,1-4H3/t10-,11+/m0/s1. The molecule has 0 unspecified atom stereocenters. The first-order valence-electron chi connectivity index (χ1n) is 7.47. The summed E-state index contributed by atoms with van der Waals surface area (Å²) in [5.74, 6) is 0.847. The molecular formula is C15H24N2O5S. The summed E-state index contributed by atoms with van der Waals surface area (Å²) in [6.07, 6.45) is 1.48. The minimum Gasteiger partial charge on any atom is -0.496 e. The normalized spacial score (nSPS) is 21.7. The summed E-state index contributed by atoms with van der Waals surface area (Å²) in [5.41, 5.74) is 0. The summed E-state index contributed by atoms with van der Waals surface area (Å²) in [6.45, 7) is 2.82. The third-order valence-corrected chi connectivity index (χ3v) is 5.47. The van der Waals surface area contributed by atoms with Gasteiger partial charge in [0.25, 0.3) is 0 Å². The van der Waals surface area contributed by atoms with Gasteiger partial charge >= 0.3 is 0 Å². The number of ether oxygens (including phenoxy) is 3. The van der Waals surface area contributed by atoms with Gasteiger partial charge in [0.05, 0.1) is 21.3 Å². The van der Waals surface area contributed by atoms with Crippen LogP contribution >= 0.6 is 0 Å². The number of hydrogen-bond acceptors (Lipinski definition) is 6. The lowest BCUT2D eigenvalue weighted by Crippen LogP contribution is -2.46. The monoisotopic (exact) mass is 344 g/mol. The Hall–Kier alpha value is -1.51. The van der Waals surface area contributed by atoms with Gasteiger partial charge in [0, 0.05) is 24.2 Å². The molecule has 1 saturated heterocycles. The van der Waals surface area contributed by atoms with E-state index in [1.54, 1.807) is 0 Å². The maximum absolute atomic E-state index is 12.8. The molecule has 0 radical (unpaired) electrons. The molecule has 0 bridgehead atoms. The van der Waals surface area contributed by atoms with E-state index in [2.05, 4.69) is 10.0 Å². The fourth-order valence-electron chi connectivity index (χ4n) is 2.76. The summed E-state index contributed by atoms with van der Waals surface area (Å²) in [7, 11) is 0.553. The molecule has 2 rings (SSSR count). The van der Waals surface area contributed by atoms with Crippen molar-refractivity contribution in [3.8, 4) is 17.2 Å². The van der Waals surface area contributed by atoms with Gasteiger partial charge in [-0.1, -0.05) is 0 Å². The topological polar surface area (TPSA) is 85.9 Å². The van der Waals surface area contributed by atoms with E-state index in [4.69, 9.17) is 14.2 Å². The average Bonchev–Trinajstić information content (AvgIpc) is 2.52. The lowest BCUT2D eigenvalue weighted by atomic mass is 10.0. The second-order valence-electron chi connectivity index (χ2n) is 5.56. The smallest absolute Gasteiger partial charge is 0.248 e. The van der Waals surface area contributed by atoms with Gasteiger partial charge < -0.3 is 19.5 Å². The van der Waals surface area contributed by atoms with Crippen molar-refractivity contribution in [3.63, 3.8) is 0 Å². The van der Waals surface area contributed by atoms with Crippen molar-refractivity contribution < 1.29 is 22.6 Å². The van der Waals surface area contributed by atoms with E-state index < -0.39 is 10.0 Å². The van der Waals surface area contributed by atoms with E-state index in [0.29, 0.717) is 5.75 Å². The lowest BCUT2D eigenvalue weighted by Gasteiger charge is -2.28. The highest BCUT2D eigenvalue weighted by Crippen LogP contribution is 2.37. The summed E-state index contributed by atoms with van der Waals surface area (Å²) < 4.78 is 44.0. The third kappa shape index (κ3) is 4.07. The van der Waals surface area contributed by atoms with E-state index in [1.165, 1.54) is 33.5 Å². The number of hydrogen-bond donors (Lipinski definition) is 2. The van der Waals surface area contributed by atoms with Crippen LogP contribution < -0.4 is 24.2 Å². The Balaban J connectivity index is 2.38. The summed E-state index contributed by atoms with van der Waals surface area (Å²) in [4.78, 5) is -0.00511. The second kappa shape index (κ2) is 7.37. The molecule has 7 nitrogen and oxygen atoms in total. The highest BCUT2D eigenvalue weighted by Gasteiger charge is 2.30. The van der Waals surface area contributed by atoms with Crippen molar-refractivity contribution >= 4 is 10.0 Å². The zero-order chi connectivity index (χ0) is 17.0. The lowest BCUT2D eigenvalue weighted by molar-refractivity contribution is 0.351. The molecule has 1 fully saturated rings. The van der Waals surface area contributed by atoms with E-state index in [-0.39, 0.29) is 28.5 Å². The molecule has 1 aliphatic rings. The molecule has 2 N–H and O–H groups in total. The zero-order valence-corrected chi connectivity index (χ0v) is 14.7. The van der Waals surface area contributed by atoms with Gasteiger partial charge in [0.1, 0.15) is 17.2 Å². The Morgan fingerprint density at radius 1 is 1.13 bits per heavy atom. The molecule has 2 atom stereocenters. The average molecular weight is 344 g/mol. The van der Waals surface area contributed by atoms with E-state index in [1.807, 2.05) is 6.92 Å². The summed E-state index contributed by atoms with van der Waals surface area (Å²) in [5, 5.41) is 3.30. The molecule has 8 heteroatoms. The van der Waals surface area contributed by atoms with Crippen molar-refractivity contribution in [2.75, 3.05) is 27.9 Å². The van der Waals surface area contributed by atoms with Crippen molar-refractivity contribution in [1.29, 1.82) is 0 Å². The van der Waals surface area contributed by atoms with Gasteiger partial charge in [0.15, 0.2) is 4.90 Å². The van der Waals surface area contributed by atoms with Crippen LogP contribution in [0.2, 0.25) is 0 Å². The van der Waals surface area contributed by atoms with Crippen LogP contribution in [0, 0.1) is 0 Å². The summed E-state index contributed by atoms with van der Waals surface area (Å²) in [6, 6.07) is 3.22. The molecule has 1 aromatic rings. The Labute approximate surface area is 137 Å². The first-order valence-corrected chi connectivity index (χ1v) is 8.95. The number of sulfonamides is 1. The number of nitrogens with one attached hydrogen (secondary N) is 2. The first-order chi connectivity index (χ1) is 10.9. The quantitative estimate of drug-likeness (QED) is 0.805. The van der Waals surface area contributed by atoms with Gasteiger partial charge in [-0.3, -0.25) is 0 Å². The minimum atomic E-state index is -3.78. The van der Waals surface area contributed by atoms with Crippen molar-refractivity contribution in [2.24, 2.45) is 0 Å². The van der Waals surface area contributed by atoms with Crippen molar-refractivity contribution in [2.45, 2.75) is 36.7 Å². The molecule has 1 heterocycles. The molecule has 0 aliphatic carbocycles. The Morgan fingerprint density at radius 3 is 2.22 bits per heavy atom. The number of rotatable bonds is 6. The van der Waals surface area contributed by atoms with E-state index in [0.717, 1.165) is 19.4 Å². The van der Waals surface area contributed by atoms with Crippen LogP contribution in [0.4, 0.5) is 0 Å². The van der Waals surface area contributed by atoms with Crippen LogP contribution in [0.1, 0.15) is 19.8 Å². The number of methoxy groups -OCH3 is 3. The molecule has 23 heavy (non-hydrogen) atoms. The molecule has 0 amide bonds. The van der Waals surface area contributed by atoms with Crippen molar-refractivity contribution in [3.05, 3.63) is 12.1 Å². The van der Waals surface area contributed by atoms with Gasteiger partial charge in [-0.2, -0.15) is 0 Å². The van der Waals surface area contributed by atoms with Crippen molar-refractivity contribution in [1.82, 2.24) is 10.0 Å². The molecule has 0 saturated carbocycles. The Kier molecular flexibility index (Phi) is 5.72. The highest BCUT2D eigenvalue weighted by molar-refractivity contribution is 7.89. The predicted octanol–water partition coefficient (Wildman–Crippen LogP) is 1.13. The highest BCUT2D eigenvalue weighted by atomic mass is 32.2. The minimum absolute atomic E-state index is 0.00511. The van der Waals surface area contributed by atoms with Gasteiger partial charge in [-0.15, -0.1) is 0 Å². The van der Waals surface area contributed by atoms with Gasteiger partial charge in [-0.25, -0.2) is 13.1 Å². The van der Waals surface area contributed by atoms with Crippen LogP contribution in [0.25, 0.3) is 0 Å². The zero-order valence-electron chi connectivity index (χ0n) is 13.9. The van der Waals surface area contributed by atoms with Crippen LogP contribution in [0.5, 0.6) is 17.2 Å². The van der Waals surface area contributed by atoms with Gasteiger partial charge in [-0.05, 0) is 26.3 Å². The summed E-state index contributed by atoms with van der Waals surface area (Å²) >= 11 is 0. The van der Waals surface area contributed by atoms with Gasteiger partial charge in [0.2, 0.25) is 10.0 Å². The largest absolute Gasteiger partial charge is 0.496 e. The second-order valence-corrected chi connectivity index (χ2v) is 7.21. The maximum Gasteiger partial charge on any atom is 0.248 e. The predicted molar refractivity (Wildman–Crippen MR) is 86.9 cm³/mol. The number of piperidine rings is 1.